The fourth-order valence-electron chi connectivity index (χ4n) is 1.73. The molecule has 2 N–H and O–H groups in total. The van der Waals surface area contributed by atoms with Crippen LogP contribution in [-0.2, 0) is 17.2 Å². The SMILES string of the molecule is Nc1ccc(S(=O)CCc2ccc([N+](=O)[O-])cc2)cc1. The normalized spacial score (nSPS) is 12.0. The molecule has 104 valence electrons. The minimum Gasteiger partial charge on any atom is -0.399 e. The fraction of sp³-hybridized carbons (Fsp3) is 0.143. The molecule has 2 aromatic carbocycles. The van der Waals surface area contributed by atoms with Gasteiger partial charge >= 0.3 is 0 Å². The van der Waals surface area contributed by atoms with Crippen molar-refractivity contribution in [1.29, 1.82) is 0 Å². The Kier molecular flexibility index (Phi) is 4.47. The predicted molar refractivity (Wildman–Crippen MR) is 78.9 cm³/mol. The van der Waals surface area contributed by atoms with Crippen LogP contribution in [0.5, 0.6) is 0 Å². The Morgan fingerprint density at radius 1 is 1.05 bits per heavy atom. The van der Waals surface area contributed by atoms with Crippen molar-refractivity contribution in [1.82, 2.24) is 0 Å². The Hall–Kier alpha value is -2.21. The molecule has 1 unspecified atom stereocenters. The third-order valence-electron chi connectivity index (χ3n) is 2.87. The smallest absolute Gasteiger partial charge is 0.269 e. The van der Waals surface area contributed by atoms with E-state index in [4.69, 9.17) is 5.73 Å². The molecule has 0 saturated carbocycles. The van der Waals surface area contributed by atoms with E-state index >= 15 is 0 Å². The number of non-ortho nitro benzene ring substituents is 1. The summed E-state index contributed by atoms with van der Waals surface area (Å²) >= 11 is 0. The summed E-state index contributed by atoms with van der Waals surface area (Å²) in [6.07, 6.45) is 0.606. The quantitative estimate of drug-likeness (QED) is 0.521. The predicted octanol–water partition coefficient (Wildman–Crippen LogP) is 2.53. The molecule has 5 nitrogen and oxygen atoms in total. The molecule has 0 aliphatic rings. The van der Waals surface area contributed by atoms with E-state index < -0.39 is 15.7 Å². The summed E-state index contributed by atoms with van der Waals surface area (Å²) in [5.41, 5.74) is 7.21. The number of nitro groups is 1. The van der Waals surface area contributed by atoms with Gasteiger partial charge < -0.3 is 5.73 Å². The number of nitrogens with two attached hydrogens (primary N) is 1. The minimum absolute atomic E-state index is 0.0633. The van der Waals surface area contributed by atoms with E-state index in [1.54, 1.807) is 36.4 Å². The molecule has 1 atom stereocenters. The summed E-state index contributed by atoms with van der Waals surface area (Å²) in [4.78, 5) is 10.8. The summed E-state index contributed by atoms with van der Waals surface area (Å²) in [5.74, 6) is 0.474. The van der Waals surface area contributed by atoms with Gasteiger partial charge in [0.25, 0.3) is 5.69 Å². The number of nitrogen functional groups attached to an aromatic ring is 1. The molecular formula is C14H14N2O3S. The zero-order chi connectivity index (χ0) is 14.5. The van der Waals surface area contributed by atoms with E-state index in [0.29, 0.717) is 17.9 Å². The van der Waals surface area contributed by atoms with Crippen molar-refractivity contribution >= 4 is 22.2 Å². The van der Waals surface area contributed by atoms with Crippen molar-refractivity contribution in [2.24, 2.45) is 0 Å². The van der Waals surface area contributed by atoms with Crippen LogP contribution in [0, 0.1) is 10.1 Å². The molecule has 0 heterocycles. The number of anilines is 1. The van der Waals surface area contributed by atoms with Crippen molar-refractivity contribution < 1.29 is 9.13 Å². The van der Waals surface area contributed by atoms with Crippen LogP contribution in [0.2, 0.25) is 0 Å². The molecule has 6 heteroatoms. The Balaban J connectivity index is 1.96. The van der Waals surface area contributed by atoms with Crippen LogP contribution in [-0.4, -0.2) is 14.9 Å². The average molecular weight is 290 g/mol. The summed E-state index contributed by atoms with van der Waals surface area (Å²) in [5, 5.41) is 10.5. The lowest BCUT2D eigenvalue weighted by Crippen LogP contribution is -2.02. The van der Waals surface area contributed by atoms with E-state index in [0.717, 1.165) is 10.5 Å². The van der Waals surface area contributed by atoms with Gasteiger partial charge in [-0.2, -0.15) is 0 Å². The monoisotopic (exact) mass is 290 g/mol. The molecule has 0 saturated heterocycles. The maximum atomic E-state index is 12.1. The topological polar surface area (TPSA) is 86.2 Å². The molecular weight excluding hydrogens is 276 g/mol. The second kappa shape index (κ2) is 6.29. The third-order valence-corrected chi connectivity index (χ3v) is 4.24. The maximum absolute atomic E-state index is 12.1. The van der Waals surface area contributed by atoms with Crippen LogP contribution < -0.4 is 5.73 Å². The first kappa shape index (κ1) is 14.2. The number of benzene rings is 2. The van der Waals surface area contributed by atoms with Crippen molar-refractivity contribution in [3.8, 4) is 0 Å². The largest absolute Gasteiger partial charge is 0.399 e. The van der Waals surface area contributed by atoms with Crippen molar-refractivity contribution in [3.63, 3.8) is 0 Å². The van der Waals surface area contributed by atoms with Gasteiger partial charge in [0.2, 0.25) is 0 Å². The van der Waals surface area contributed by atoms with Gasteiger partial charge in [0.05, 0.1) is 15.7 Å². The molecule has 0 radical (unpaired) electrons. The number of rotatable bonds is 5. The van der Waals surface area contributed by atoms with E-state index in [2.05, 4.69) is 0 Å². The number of aryl methyl sites for hydroxylation is 1. The Morgan fingerprint density at radius 2 is 1.65 bits per heavy atom. The maximum Gasteiger partial charge on any atom is 0.269 e. The number of nitro benzene ring substituents is 1. The summed E-state index contributed by atoms with van der Waals surface area (Å²) in [6.45, 7) is 0. The summed E-state index contributed by atoms with van der Waals surface area (Å²) in [7, 11) is -1.10. The van der Waals surface area contributed by atoms with Crippen molar-refractivity contribution in [3.05, 3.63) is 64.2 Å². The van der Waals surface area contributed by atoms with Gasteiger partial charge in [0.1, 0.15) is 0 Å². The van der Waals surface area contributed by atoms with Gasteiger partial charge in [0, 0.05) is 28.5 Å². The first-order valence-electron chi connectivity index (χ1n) is 6.03. The van der Waals surface area contributed by atoms with Crippen LogP contribution in [0.1, 0.15) is 5.56 Å². The van der Waals surface area contributed by atoms with Crippen LogP contribution in [0.3, 0.4) is 0 Å². The molecule has 0 bridgehead atoms. The lowest BCUT2D eigenvalue weighted by molar-refractivity contribution is -0.384. The van der Waals surface area contributed by atoms with Crippen molar-refractivity contribution in [2.75, 3.05) is 11.5 Å². The molecule has 0 aromatic heterocycles. The lowest BCUT2D eigenvalue weighted by Gasteiger charge is -2.03. The van der Waals surface area contributed by atoms with Gasteiger partial charge in [0.15, 0.2) is 0 Å². The molecule has 0 amide bonds. The van der Waals surface area contributed by atoms with E-state index in [1.165, 1.54) is 12.1 Å². The van der Waals surface area contributed by atoms with Crippen LogP contribution >= 0.6 is 0 Å². The molecule has 0 aliphatic carbocycles. The molecule has 0 spiro atoms. The Morgan fingerprint density at radius 3 is 2.20 bits per heavy atom. The zero-order valence-corrected chi connectivity index (χ0v) is 11.5. The number of hydrogen-bond acceptors (Lipinski definition) is 4. The first-order valence-corrected chi connectivity index (χ1v) is 7.35. The molecule has 20 heavy (non-hydrogen) atoms. The second-order valence-electron chi connectivity index (χ2n) is 4.29. The zero-order valence-electron chi connectivity index (χ0n) is 10.7. The number of nitrogens with zero attached hydrogens (tertiary/aromatic N) is 1. The summed E-state index contributed by atoms with van der Waals surface area (Å²) < 4.78 is 12.1. The van der Waals surface area contributed by atoms with Gasteiger partial charge in [-0.15, -0.1) is 0 Å². The lowest BCUT2D eigenvalue weighted by atomic mass is 10.1. The average Bonchev–Trinajstić information content (AvgIpc) is 2.46. The number of hydrogen-bond donors (Lipinski definition) is 1. The molecule has 0 fully saturated rings. The van der Waals surface area contributed by atoms with Gasteiger partial charge in [-0.05, 0) is 36.2 Å². The fourth-order valence-corrected chi connectivity index (χ4v) is 2.83. The second-order valence-corrected chi connectivity index (χ2v) is 5.86. The van der Waals surface area contributed by atoms with Gasteiger partial charge in [-0.3, -0.25) is 14.3 Å². The van der Waals surface area contributed by atoms with Gasteiger partial charge in [-0.25, -0.2) is 0 Å². The van der Waals surface area contributed by atoms with Crippen LogP contribution in [0.15, 0.2) is 53.4 Å². The van der Waals surface area contributed by atoms with E-state index in [9.17, 15) is 14.3 Å². The molecule has 0 aliphatic heterocycles. The first-order chi connectivity index (χ1) is 9.56. The Labute approximate surface area is 119 Å². The van der Waals surface area contributed by atoms with Crippen LogP contribution in [0.4, 0.5) is 11.4 Å². The van der Waals surface area contributed by atoms with E-state index in [1.807, 2.05) is 0 Å². The molecule has 2 rings (SSSR count). The highest BCUT2D eigenvalue weighted by atomic mass is 32.2. The third kappa shape index (κ3) is 3.64. The Bertz CT molecular complexity index is 624. The summed E-state index contributed by atoms with van der Waals surface area (Å²) in [6, 6.07) is 13.3. The van der Waals surface area contributed by atoms with Crippen molar-refractivity contribution in [2.45, 2.75) is 11.3 Å². The minimum atomic E-state index is -1.10. The van der Waals surface area contributed by atoms with Crippen LogP contribution in [0.25, 0.3) is 0 Å². The standard InChI is InChI=1S/C14H14N2O3S/c15-12-3-7-14(8-4-12)20(19)10-9-11-1-5-13(6-2-11)16(17)18/h1-8H,9-10,15H2. The van der Waals surface area contributed by atoms with Gasteiger partial charge in [-0.1, -0.05) is 12.1 Å². The molecule has 2 aromatic rings. The van der Waals surface area contributed by atoms with E-state index in [-0.39, 0.29) is 5.69 Å². The highest BCUT2D eigenvalue weighted by molar-refractivity contribution is 7.85. The highest BCUT2D eigenvalue weighted by Gasteiger charge is 2.07. The highest BCUT2D eigenvalue weighted by Crippen LogP contribution is 2.14.